The molecule has 0 saturated heterocycles. The number of ether oxygens (including phenoxy) is 1. The number of fused-ring (bicyclic) bond motifs is 1. The van der Waals surface area contributed by atoms with Gasteiger partial charge in [0.1, 0.15) is 5.58 Å². The summed E-state index contributed by atoms with van der Waals surface area (Å²) < 4.78 is 9.94. The van der Waals surface area contributed by atoms with Crippen LogP contribution in [-0.4, -0.2) is 24.4 Å². The molecule has 2 rings (SSSR count). The van der Waals surface area contributed by atoms with Gasteiger partial charge in [-0.05, 0) is 18.2 Å². The first kappa shape index (κ1) is 16.5. The molecule has 120 valence electrons. The molecule has 0 saturated carbocycles. The first-order chi connectivity index (χ1) is 10.9. The molecule has 0 unspecified atom stereocenters. The molecular weight excluding hydrogens is 328 g/mol. The molecular formula is C14H11ClN2O6. The van der Waals surface area contributed by atoms with Gasteiger partial charge in [-0.15, -0.1) is 0 Å². The minimum Gasteiger partial charge on any atom is -0.450 e. The molecule has 8 nitrogen and oxygen atoms in total. The Labute approximate surface area is 134 Å². The summed E-state index contributed by atoms with van der Waals surface area (Å²) in [5, 5.41) is 0.576. The minimum atomic E-state index is -0.989. The monoisotopic (exact) mass is 338 g/mol. The van der Waals surface area contributed by atoms with Crippen LogP contribution in [0, 0.1) is 0 Å². The molecule has 0 spiro atoms. The van der Waals surface area contributed by atoms with Gasteiger partial charge in [0.2, 0.25) is 11.7 Å². The van der Waals surface area contributed by atoms with Gasteiger partial charge in [0, 0.05) is 18.0 Å². The number of carbonyl (C=O) groups excluding carboxylic acids is 3. The smallest absolute Gasteiger partial charge is 0.374 e. The normalized spacial score (nSPS) is 10.2. The van der Waals surface area contributed by atoms with Crippen LogP contribution in [0.25, 0.3) is 11.0 Å². The van der Waals surface area contributed by atoms with Crippen LogP contribution in [0.5, 0.6) is 0 Å². The molecule has 1 aromatic carbocycles. The van der Waals surface area contributed by atoms with E-state index in [0.717, 1.165) is 6.07 Å². The fraction of sp³-hybridized carbons (Fsp3) is 0.143. The van der Waals surface area contributed by atoms with Gasteiger partial charge in [-0.3, -0.25) is 25.2 Å². The molecule has 0 aliphatic heterocycles. The maximum absolute atomic E-state index is 11.9. The van der Waals surface area contributed by atoms with E-state index in [0.29, 0.717) is 5.02 Å². The molecule has 0 radical (unpaired) electrons. The van der Waals surface area contributed by atoms with Gasteiger partial charge in [-0.1, -0.05) is 11.6 Å². The van der Waals surface area contributed by atoms with Crippen molar-refractivity contribution in [2.75, 3.05) is 6.61 Å². The lowest BCUT2D eigenvalue weighted by Crippen LogP contribution is -2.42. The summed E-state index contributed by atoms with van der Waals surface area (Å²) >= 11 is 5.78. The van der Waals surface area contributed by atoms with Crippen LogP contribution < -0.4 is 16.3 Å². The van der Waals surface area contributed by atoms with Crippen molar-refractivity contribution in [3.63, 3.8) is 0 Å². The fourth-order valence-corrected chi connectivity index (χ4v) is 1.80. The Morgan fingerprint density at radius 3 is 2.65 bits per heavy atom. The van der Waals surface area contributed by atoms with Crippen LogP contribution in [0.4, 0.5) is 0 Å². The van der Waals surface area contributed by atoms with Gasteiger partial charge in [0.05, 0.1) is 5.39 Å². The molecule has 2 N–H and O–H groups in total. The maximum Gasteiger partial charge on any atom is 0.374 e. The van der Waals surface area contributed by atoms with Crippen molar-refractivity contribution in [1.82, 2.24) is 10.9 Å². The Morgan fingerprint density at radius 2 is 1.96 bits per heavy atom. The van der Waals surface area contributed by atoms with Crippen molar-refractivity contribution in [1.29, 1.82) is 0 Å². The lowest BCUT2D eigenvalue weighted by Gasteiger charge is -2.06. The van der Waals surface area contributed by atoms with Crippen molar-refractivity contribution >= 4 is 40.4 Å². The van der Waals surface area contributed by atoms with Crippen LogP contribution in [-0.2, 0) is 14.3 Å². The average Bonchev–Trinajstić information content (AvgIpc) is 2.51. The Bertz CT molecular complexity index is 845. The molecule has 2 aromatic rings. The molecule has 9 heteroatoms. The second-order valence-corrected chi connectivity index (χ2v) is 4.86. The van der Waals surface area contributed by atoms with Crippen molar-refractivity contribution in [2.45, 2.75) is 6.92 Å². The predicted molar refractivity (Wildman–Crippen MR) is 79.7 cm³/mol. The highest BCUT2D eigenvalue weighted by atomic mass is 35.5. The number of esters is 1. The van der Waals surface area contributed by atoms with E-state index in [1.165, 1.54) is 25.1 Å². The third-order valence-electron chi connectivity index (χ3n) is 2.60. The molecule has 0 aliphatic rings. The molecule has 1 aromatic heterocycles. The Hall–Kier alpha value is -2.87. The molecule has 1 heterocycles. The van der Waals surface area contributed by atoms with Crippen LogP contribution >= 0.6 is 11.6 Å². The quantitative estimate of drug-likeness (QED) is 0.631. The Balaban J connectivity index is 2.09. The summed E-state index contributed by atoms with van der Waals surface area (Å²) in [7, 11) is 0. The fourth-order valence-electron chi connectivity index (χ4n) is 1.63. The minimum absolute atomic E-state index is 0.163. The van der Waals surface area contributed by atoms with E-state index in [4.69, 9.17) is 16.0 Å². The van der Waals surface area contributed by atoms with Gasteiger partial charge in [-0.25, -0.2) is 4.79 Å². The second kappa shape index (κ2) is 6.93. The zero-order valence-electron chi connectivity index (χ0n) is 11.8. The SMILES string of the molecule is CC(=O)NNC(=O)COC(=O)c1cc(=O)c2cc(Cl)ccc2o1. The predicted octanol–water partition coefficient (Wildman–Crippen LogP) is 0.770. The number of nitrogens with one attached hydrogen (secondary N) is 2. The largest absolute Gasteiger partial charge is 0.450 e. The molecule has 0 bridgehead atoms. The highest BCUT2D eigenvalue weighted by molar-refractivity contribution is 6.31. The lowest BCUT2D eigenvalue weighted by atomic mass is 10.2. The molecule has 0 aliphatic carbocycles. The molecule has 2 amide bonds. The number of carbonyl (C=O) groups is 3. The van der Waals surface area contributed by atoms with Gasteiger partial charge in [-0.2, -0.15) is 0 Å². The van der Waals surface area contributed by atoms with Crippen molar-refractivity contribution in [3.05, 3.63) is 45.3 Å². The van der Waals surface area contributed by atoms with Crippen LogP contribution in [0.2, 0.25) is 5.02 Å². The average molecular weight is 339 g/mol. The standard InChI is InChI=1S/C14H11ClN2O6/c1-7(18)16-17-13(20)6-22-14(21)12-5-10(19)9-4-8(15)2-3-11(9)23-12/h2-5H,6H2,1H3,(H,16,18)(H,17,20). The number of halogens is 1. The second-order valence-electron chi connectivity index (χ2n) is 4.42. The summed E-state index contributed by atoms with van der Waals surface area (Å²) in [6.07, 6.45) is 0. The van der Waals surface area contributed by atoms with Gasteiger partial charge >= 0.3 is 5.97 Å². The van der Waals surface area contributed by atoms with Crippen molar-refractivity contribution in [3.8, 4) is 0 Å². The topological polar surface area (TPSA) is 115 Å². The number of benzene rings is 1. The van der Waals surface area contributed by atoms with Crippen LogP contribution in [0.3, 0.4) is 0 Å². The summed E-state index contributed by atoms with van der Waals surface area (Å²) in [6, 6.07) is 5.31. The molecule has 23 heavy (non-hydrogen) atoms. The van der Waals surface area contributed by atoms with E-state index in [1.54, 1.807) is 0 Å². The number of rotatable bonds is 3. The number of hydrogen-bond donors (Lipinski definition) is 2. The van der Waals surface area contributed by atoms with Gasteiger partial charge in [0.15, 0.2) is 12.0 Å². The Kier molecular flexibility index (Phi) is 4.97. The highest BCUT2D eigenvalue weighted by Gasteiger charge is 2.15. The summed E-state index contributed by atoms with van der Waals surface area (Å²) in [5.41, 5.74) is 3.74. The van der Waals surface area contributed by atoms with Crippen molar-refractivity contribution < 1.29 is 23.5 Å². The van der Waals surface area contributed by atoms with E-state index in [1.807, 2.05) is 10.9 Å². The molecule has 0 fully saturated rings. The number of amides is 2. The third-order valence-corrected chi connectivity index (χ3v) is 2.84. The molecule has 0 atom stereocenters. The van der Waals surface area contributed by atoms with Crippen LogP contribution in [0.1, 0.15) is 17.5 Å². The first-order valence-electron chi connectivity index (χ1n) is 6.33. The summed E-state index contributed by atoms with van der Waals surface area (Å²) in [4.78, 5) is 45.6. The van der Waals surface area contributed by atoms with Gasteiger partial charge < -0.3 is 9.15 Å². The van der Waals surface area contributed by atoms with Gasteiger partial charge in [0.25, 0.3) is 5.91 Å². The van der Waals surface area contributed by atoms with E-state index in [-0.39, 0.29) is 16.7 Å². The summed E-state index contributed by atoms with van der Waals surface area (Å²) in [6.45, 7) is 0.545. The van der Waals surface area contributed by atoms with E-state index in [2.05, 4.69) is 4.74 Å². The van der Waals surface area contributed by atoms with E-state index in [9.17, 15) is 19.2 Å². The lowest BCUT2D eigenvalue weighted by molar-refractivity contribution is -0.129. The summed E-state index contributed by atoms with van der Waals surface area (Å²) in [5.74, 6) is -2.57. The van der Waals surface area contributed by atoms with Crippen LogP contribution in [0.15, 0.2) is 33.5 Å². The zero-order valence-corrected chi connectivity index (χ0v) is 12.6. The first-order valence-corrected chi connectivity index (χ1v) is 6.70. The number of hydrogen-bond acceptors (Lipinski definition) is 6. The maximum atomic E-state index is 11.9. The van der Waals surface area contributed by atoms with Crippen molar-refractivity contribution in [2.24, 2.45) is 0 Å². The zero-order chi connectivity index (χ0) is 17.0. The third kappa shape index (κ3) is 4.30. The Morgan fingerprint density at radius 1 is 1.22 bits per heavy atom. The van der Waals surface area contributed by atoms with E-state index < -0.39 is 29.8 Å². The highest BCUT2D eigenvalue weighted by Crippen LogP contribution is 2.17. The number of hydrazine groups is 1. The van der Waals surface area contributed by atoms with E-state index >= 15 is 0 Å².